The summed E-state index contributed by atoms with van der Waals surface area (Å²) in [7, 11) is 0. The first-order valence-corrected chi connectivity index (χ1v) is 8.48. The predicted molar refractivity (Wildman–Crippen MR) is 99.7 cm³/mol. The lowest BCUT2D eigenvalue weighted by Gasteiger charge is -2.24. The number of nitrogens with zero attached hydrogens (tertiary/aromatic N) is 2. The number of hydrogen-bond acceptors (Lipinski definition) is 3. The fraction of sp³-hybridized carbons (Fsp3) is 0.150. The first-order chi connectivity index (χ1) is 12.7. The Morgan fingerprint density at radius 3 is 2.58 bits per heavy atom. The monoisotopic (exact) mass is 346 g/mol. The molecule has 2 aromatic carbocycles. The predicted octanol–water partition coefficient (Wildman–Crippen LogP) is 3.36. The number of para-hydroxylation sites is 1. The summed E-state index contributed by atoms with van der Waals surface area (Å²) < 4.78 is 0. The molecule has 3 aromatic rings. The number of urea groups is 1. The zero-order valence-electron chi connectivity index (χ0n) is 14.3. The lowest BCUT2D eigenvalue weighted by molar-refractivity contribution is -0.131. The summed E-state index contributed by atoms with van der Waals surface area (Å²) in [6, 6.07) is 16.5. The summed E-state index contributed by atoms with van der Waals surface area (Å²) in [5, 5.41) is 8.88. The van der Waals surface area contributed by atoms with Crippen molar-refractivity contribution >= 4 is 29.1 Å². The van der Waals surface area contributed by atoms with Crippen molar-refractivity contribution in [3.05, 3.63) is 71.9 Å². The Bertz CT molecular complexity index is 1010. The molecular formula is C20H18N4O2. The van der Waals surface area contributed by atoms with Crippen LogP contribution in [0.3, 0.4) is 0 Å². The van der Waals surface area contributed by atoms with E-state index in [1.165, 1.54) is 6.21 Å². The van der Waals surface area contributed by atoms with Crippen LogP contribution in [0.15, 0.2) is 65.9 Å². The van der Waals surface area contributed by atoms with Crippen molar-refractivity contribution in [3.8, 4) is 0 Å². The van der Waals surface area contributed by atoms with Gasteiger partial charge in [-0.05, 0) is 18.1 Å². The van der Waals surface area contributed by atoms with Crippen molar-refractivity contribution in [2.24, 2.45) is 5.10 Å². The summed E-state index contributed by atoms with van der Waals surface area (Å²) in [6.45, 7) is 1.87. The van der Waals surface area contributed by atoms with Crippen LogP contribution in [0.4, 0.5) is 4.79 Å². The van der Waals surface area contributed by atoms with Gasteiger partial charge in [-0.2, -0.15) is 5.10 Å². The van der Waals surface area contributed by atoms with Crippen molar-refractivity contribution in [1.82, 2.24) is 15.3 Å². The first kappa shape index (κ1) is 16.1. The highest BCUT2D eigenvalue weighted by Gasteiger charge is 2.51. The number of carbonyl (C=O) groups is 2. The third kappa shape index (κ3) is 2.38. The lowest BCUT2D eigenvalue weighted by atomic mass is 9.87. The fourth-order valence-electron chi connectivity index (χ4n) is 3.35. The zero-order valence-corrected chi connectivity index (χ0v) is 14.3. The Labute approximate surface area is 150 Å². The maximum absolute atomic E-state index is 13.0. The number of amides is 3. The van der Waals surface area contributed by atoms with Crippen molar-refractivity contribution in [3.63, 3.8) is 0 Å². The number of H-pyrrole nitrogens is 1. The summed E-state index contributed by atoms with van der Waals surface area (Å²) in [4.78, 5) is 28.6. The van der Waals surface area contributed by atoms with E-state index in [1.807, 2.05) is 61.5 Å². The van der Waals surface area contributed by atoms with Crippen molar-refractivity contribution in [1.29, 1.82) is 0 Å². The van der Waals surface area contributed by atoms with Gasteiger partial charge in [0.15, 0.2) is 0 Å². The van der Waals surface area contributed by atoms with Crippen molar-refractivity contribution < 1.29 is 9.59 Å². The van der Waals surface area contributed by atoms with Gasteiger partial charge in [0.2, 0.25) is 0 Å². The van der Waals surface area contributed by atoms with Gasteiger partial charge < -0.3 is 10.3 Å². The van der Waals surface area contributed by atoms with Gasteiger partial charge in [-0.25, -0.2) is 4.79 Å². The van der Waals surface area contributed by atoms with Crippen LogP contribution in [0.2, 0.25) is 0 Å². The summed E-state index contributed by atoms with van der Waals surface area (Å²) >= 11 is 0. The highest BCUT2D eigenvalue weighted by Crippen LogP contribution is 2.32. The fourth-order valence-corrected chi connectivity index (χ4v) is 3.35. The van der Waals surface area contributed by atoms with E-state index in [4.69, 9.17) is 0 Å². The number of aromatic amines is 1. The van der Waals surface area contributed by atoms with Crippen LogP contribution in [-0.2, 0) is 10.3 Å². The van der Waals surface area contributed by atoms with Gasteiger partial charge in [-0.15, -0.1) is 5.01 Å². The highest BCUT2D eigenvalue weighted by atomic mass is 16.2. The average Bonchev–Trinajstić information content (AvgIpc) is 3.20. The molecule has 0 aliphatic carbocycles. The summed E-state index contributed by atoms with van der Waals surface area (Å²) in [5.74, 6) is -0.368. The molecule has 1 aliphatic rings. The van der Waals surface area contributed by atoms with Gasteiger partial charge in [0.05, 0.1) is 6.21 Å². The molecule has 0 bridgehead atoms. The topological polar surface area (TPSA) is 77.6 Å². The van der Waals surface area contributed by atoms with Crippen LogP contribution >= 0.6 is 0 Å². The molecule has 0 unspecified atom stereocenters. The Morgan fingerprint density at radius 2 is 1.81 bits per heavy atom. The van der Waals surface area contributed by atoms with Gasteiger partial charge in [0, 0.05) is 22.7 Å². The van der Waals surface area contributed by atoms with E-state index in [-0.39, 0.29) is 5.91 Å². The van der Waals surface area contributed by atoms with E-state index >= 15 is 0 Å². The minimum atomic E-state index is -1.07. The Kier molecular flexibility index (Phi) is 3.80. The van der Waals surface area contributed by atoms with E-state index in [2.05, 4.69) is 15.4 Å². The van der Waals surface area contributed by atoms with E-state index in [9.17, 15) is 9.59 Å². The van der Waals surface area contributed by atoms with Gasteiger partial charge >= 0.3 is 6.03 Å². The minimum absolute atomic E-state index is 0.368. The average molecular weight is 346 g/mol. The molecule has 3 amide bonds. The second-order valence-corrected chi connectivity index (χ2v) is 6.21. The van der Waals surface area contributed by atoms with Crippen LogP contribution in [0.25, 0.3) is 10.9 Å². The number of rotatable bonds is 4. The van der Waals surface area contributed by atoms with Crippen LogP contribution in [0.5, 0.6) is 0 Å². The summed E-state index contributed by atoms with van der Waals surface area (Å²) in [5.41, 5.74) is 1.47. The molecule has 2 heterocycles. The van der Waals surface area contributed by atoms with Crippen molar-refractivity contribution in [2.75, 3.05) is 0 Å². The Balaban J connectivity index is 1.67. The number of nitrogens with one attached hydrogen (secondary N) is 2. The molecule has 1 aliphatic heterocycles. The van der Waals surface area contributed by atoms with Gasteiger partial charge in [-0.1, -0.05) is 55.5 Å². The molecule has 1 atom stereocenters. The van der Waals surface area contributed by atoms with Gasteiger partial charge in [0.1, 0.15) is 5.54 Å². The molecule has 6 heteroatoms. The van der Waals surface area contributed by atoms with E-state index in [1.54, 1.807) is 6.20 Å². The third-order valence-corrected chi connectivity index (χ3v) is 4.80. The molecule has 4 rings (SSSR count). The second-order valence-electron chi connectivity index (χ2n) is 6.21. The standard InChI is InChI=1S/C20H18N4O2/c1-2-20(15-8-4-3-5-9-15)18(25)24(19(26)23-20)22-13-14-12-21-17-11-7-6-10-16(14)17/h3-13,21H,2H2,1H3,(H,23,26)/b22-13+/t20-/m0/s1. The number of benzene rings is 2. The van der Waals surface area contributed by atoms with Gasteiger partial charge in [-0.3, -0.25) is 4.79 Å². The minimum Gasteiger partial charge on any atom is -0.361 e. The van der Waals surface area contributed by atoms with Crippen LogP contribution in [-0.4, -0.2) is 28.1 Å². The van der Waals surface area contributed by atoms with Crippen molar-refractivity contribution in [2.45, 2.75) is 18.9 Å². The number of fused-ring (bicyclic) bond motifs is 1. The van der Waals surface area contributed by atoms with E-state index in [0.29, 0.717) is 6.42 Å². The molecule has 6 nitrogen and oxygen atoms in total. The third-order valence-electron chi connectivity index (χ3n) is 4.80. The molecule has 26 heavy (non-hydrogen) atoms. The number of aromatic nitrogens is 1. The number of imide groups is 1. The van der Waals surface area contributed by atoms with Crippen LogP contribution in [0.1, 0.15) is 24.5 Å². The second kappa shape index (κ2) is 6.15. The molecule has 130 valence electrons. The SMILES string of the molecule is CC[C@@]1(c2ccccc2)NC(=O)N(/N=C/c2c[nH]c3ccccc23)C1=O. The van der Waals surface area contributed by atoms with Crippen LogP contribution in [0, 0.1) is 0 Å². The molecule has 2 N–H and O–H groups in total. The molecule has 0 radical (unpaired) electrons. The zero-order chi connectivity index (χ0) is 18.1. The van der Waals surface area contributed by atoms with Crippen LogP contribution < -0.4 is 5.32 Å². The molecule has 0 spiro atoms. The van der Waals surface area contributed by atoms with Gasteiger partial charge in [0.25, 0.3) is 5.91 Å². The normalized spacial score (nSPS) is 20.3. The molecule has 1 saturated heterocycles. The number of carbonyl (C=O) groups excluding carboxylic acids is 2. The summed E-state index contributed by atoms with van der Waals surface area (Å²) in [6.07, 6.45) is 3.78. The Morgan fingerprint density at radius 1 is 1.08 bits per heavy atom. The maximum Gasteiger partial charge on any atom is 0.346 e. The largest absolute Gasteiger partial charge is 0.361 e. The highest BCUT2D eigenvalue weighted by molar-refractivity contribution is 6.08. The number of hydrazone groups is 1. The maximum atomic E-state index is 13.0. The molecular weight excluding hydrogens is 328 g/mol. The number of hydrogen-bond donors (Lipinski definition) is 2. The Hall–Kier alpha value is -3.41. The molecule has 0 saturated carbocycles. The van der Waals surface area contributed by atoms with E-state index in [0.717, 1.165) is 27.0 Å². The van der Waals surface area contributed by atoms with E-state index < -0.39 is 11.6 Å². The smallest absolute Gasteiger partial charge is 0.346 e. The quantitative estimate of drug-likeness (QED) is 0.561. The molecule has 1 aromatic heterocycles. The lowest BCUT2D eigenvalue weighted by Crippen LogP contribution is -2.43. The molecule has 1 fully saturated rings. The first-order valence-electron chi connectivity index (χ1n) is 8.48.